The lowest BCUT2D eigenvalue weighted by Crippen LogP contribution is -1.96. The fourth-order valence-electron chi connectivity index (χ4n) is 1.93. The number of rotatable bonds is 8. The molecular weight excluding hydrogens is 381 g/mol. The van der Waals surface area contributed by atoms with Crippen LogP contribution in [0.1, 0.15) is 11.1 Å². The zero-order valence-corrected chi connectivity index (χ0v) is 15.2. The lowest BCUT2D eigenvalue weighted by molar-refractivity contribution is 0.612. The molecule has 0 aliphatic heterocycles. The summed E-state index contributed by atoms with van der Waals surface area (Å²) in [5.41, 5.74) is 0.988. The van der Waals surface area contributed by atoms with E-state index >= 15 is 0 Å². The Morgan fingerprint density at radius 1 is 0.783 bits per heavy atom. The quantitative estimate of drug-likeness (QED) is 0.380. The second-order valence-corrected chi connectivity index (χ2v) is 7.26. The Morgan fingerprint density at radius 3 is 1.61 bits per heavy atom. The SMILES string of the molecule is Fc1cccc(Cl)c1CCSOSCCc1c(F)cccc1Cl. The van der Waals surface area contributed by atoms with Crippen LogP contribution in [0.3, 0.4) is 0 Å². The second-order valence-electron chi connectivity index (χ2n) is 4.61. The minimum atomic E-state index is -0.306. The molecule has 0 spiro atoms. The fraction of sp³-hybridized carbons (Fsp3) is 0.250. The van der Waals surface area contributed by atoms with Crippen molar-refractivity contribution in [3.05, 3.63) is 69.2 Å². The van der Waals surface area contributed by atoms with E-state index in [-0.39, 0.29) is 11.6 Å². The average molecular weight is 395 g/mol. The van der Waals surface area contributed by atoms with Gasteiger partial charge in [-0.25, -0.2) is 12.4 Å². The van der Waals surface area contributed by atoms with E-state index in [1.807, 2.05) is 0 Å². The van der Waals surface area contributed by atoms with Crippen molar-refractivity contribution >= 4 is 47.3 Å². The van der Waals surface area contributed by atoms with E-state index in [1.165, 1.54) is 36.2 Å². The van der Waals surface area contributed by atoms with Crippen LogP contribution in [-0.4, -0.2) is 11.5 Å². The highest BCUT2D eigenvalue weighted by Crippen LogP contribution is 2.24. The molecular formula is C16H14Cl2F2OS2. The molecule has 1 nitrogen and oxygen atoms in total. The topological polar surface area (TPSA) is 9.23 Å². The van der Waals surface area contributed by atoms with Crippen molar-refractivity contribution in [2.45, 2.75) is 12.8 Å². The number of hydrogen-bond donors (Lipinski definition) is 0. The van der Waals surface area contributed by atoms with E-state index in [0.717, 1.165) is 0 Å². The van der Waals surface area contributed by atoms with Crippen LogP contribution in [0.2, 0.25) is 10.0 Å². The van der Waals surface area contributed by atoms with Crippen LogP contribution in [0.25, 0.3) is 0 Å². The summed E-state index contributed by atoms with van der Waals surface area (Å²) in [7, 11) is 0. The van der Waals surface area contributed by atoms with Gasteiger partial charge in [-0.05, 0) is 37.1 Å². The largest absolute Gasteiger partial charge is 0.247 e. The van der Waals surface area contributed by atoms with Gasteiger partial charge in [-0.3, -0.25) is 0 Å². The van der Waals surface area contributed by atoms with E-state index in [1.54, 1.807) is 24.3 Å². The van der Waals surface area contributed by atoms with Crippen LogP contribution in [0.4, 0.5) is 8.78 Å². The van der Waals surface area contributed by atoms with Gasteiger partial charge in [0, 0.05) is 56.8 Å². The molecule has 0 aliphatic rings. The van der Waals surface area contributed by atoms with Crippen LogP contribution in [0, 0.1) is 11.6 Å². The van der Waals surface area contributed by atoms with Gasteiger partial charge >= 0.3 is 0 Å². The molecule has 0 radical (unpaired) electrons. The number of halogens is 4. The van der Waals surface area contributed by atoms with Gasteiger partial charge in [0.2, 0.25) is 0 Å². The molecule has 0 fully saturated rings. The molecule has 23 heavy (non-hydrogen) atoms. The van der Waals surface area contributed by atoms with Gasteiger partial charge in [0.05, 0.1) is 0 Å². The minimum absolute atomic E-state index is 0.306. The second kappa shape index (κ2) is 9.74. The van der Waals surface area contributed by atoms with Crippen molar-refractivity contribution in [2.24, 2.45) is 0 Å². The predicted molar refractivity (Wildman–Crippen MR) is 96.2 cm³/mol. The zero-order chi connectivity index (χ0) is 16.7. The highest BCUT2D eigenvalue weighted by molar-refractivity contribution is 8.07. The van der Waals surface area contributed by atoms with Crippen LogP contribution >= 0.6 is 47.3 Å². The van der Waals surface area contributed by atoms with Crippen LogP contribution in [-0.2, 0) is 16.5 Å². The summed E-state index contributed by atoms with van der Waals surface area (Å²) >= 11 is 14.3. The van der Waals surface area contributed by atoms with Gasteiger partial charge in [-0.1, -0.05) is 35.3 Å². The standard InChI is InChI=1S/C16H14Cl2F2OS2/c17-13-3-1-5-15(19)11(13)7-9-22-21-23-10-8-12-14(18)4-2-6-16(12)20/h1-6H,7-10H2. The van der Waals surface area contributed by atoms with Crippen LogP contribution < -0.4 is 0 Å². The first-order chi connectivity index (χ1) is 11.1. The van der Waals surface area contributed by atoms with E-state index in [9.17, 15) is 8.78 Å². The van der Waals surface area contributed by atoms with Crippen molar-refractivity contribution < 1.29 is 12.4 Å². The van der Waals surface area contributed by atoms with Crippen LogP contribution in [0.5, 0.6) is 0 Å². The molecule has 7 heteroatoms. The molecule has 0 aromatic heterocycles. The van der Waals surface area contributed by atoms with Crippen molar-refractivity contribution in [3.63, 3.8) is 0 Å². The third-order valence-electron chi connectivity index (χ3n) is 3.09. The van der Waals surface area contributed by atoms with E-state index in [2.05, 4.69) is 0 Å². The fourth-order valence-corrected chi connectivity index (χ4v) is 3.84. The molecule has 0 atom stereocenters. The Labute approximate surface area is 153 Å². The molecule has 0 saturated heterocycles. The minimum Gasteiger partial charge on any atom is -0.247 e. The van der Waals surface area contributed by atoms with E-state index < -0.39 is 0 Å². The molecule has 0 bridgehead atoms. The Balaban J connectivity index is 1.65. The number of benzene rings is 2. The molecule has 124 valence electrons. The van der Waals surface area contributed by atoms with Crippen LogP contribution in [0.15, 0.2) is 36.4 Å². The first-order valence-electron chi connectivity index (χ1n) is 6.86. The Bertz CT molecular complexity index is 560. The third kappa shape index (κ3) is 5.84. The first kappa shape index (κ1) is 18.9. The maximum atomic E-state index is 13.6. The van der Waals surface area contributed by atoms with Crippen molar-refractivity contribution in [2.75, 3.05) is 11.5 Å². The lowest BCUT2D eigenvalue weighted by atomic mass is 10.1. The maximum absolute atomic E-state index is 13.6. The van der Waals surface area contributed by atoms with E-state index in [0.29, 0.717) is 45.5 Å². The molecule has 2 rings (SSSR count). The Kier molecular flexibility index (Phi) is 7.99. The summed E-state index contributed by atoms with van der Waals surface area (Å²) in [6, 6.07) is 9.26. The Hall–Kier alpha value is -0.460. The Morgan fingerprint density at radius 2 is 1.22 bits per heavy atom. The molecule has 0 saturated carbocycles. The molecule has 0 amide bonds. The molecule has 0 heterocycles. The van der Waals surface area contributed by atoms with Crippen molar-refractivity contribution in [1.82, 2.24) is 0 Å². The molecule has 0 N–H and O–H groups in total. The summed E-state index contributed by atoms with van der Waals surface area (Å²) in [6.45, 7) is 0. The van der Waals surface area contributed by atoms with Gasteiger partial charge in [-0.15, -0.1) is 0 Å². The highest BCUT2D eigenvalue weighted by Gasteiger charge is 2.08. The smallest absolute Gasteiger partial charge is 0.127 e. The third-order valence-corrected chi connectivity index (χ3v) is 5.31. The van der Waals surface area contributed by atoms with Crippen molar-refractivity contribution in [3.8, 4) is 0 Å². The van der Waals surface area contributed by atoms with Gasteiger partial charge < -0.3 is 0 Å². The van der Waals surface area contributed by atoms with E-state index in [4.69, 9.17) is 26.8 Å². The molecule has 0 unspecified atom stereocenters. The zero-order valence-electron chi connectivity index (χ0n) is 12.0. The predicted octanol–water partition coefficient (Wildman–Crippen LogP) is 6.37. The molecule has 2 aromatic rings. The van der Waals surface area contributed by atoms with Gasteiger partial charge in [0.15, 0.2) is 0 Å². The average Bonchev–Trinajstić information content (AvgIpc) is 2.51. The maximum Gasteiger partial charge on any atom is 0.127 e. The van der Waals surface area contributed by atoms with Gasteiger partial charge in [-0.2, -0.15) is 0 Å². The summed E-state index contributed by atoms with van der Waals surface area (Å²) in [5.74, 6) is 0.544. The number of hydrogen-bond acceptors (Lipinski definition) is 3. The van der Waals surface area contributed by atoms with Crippen molar-refractivity contribution in [1.29, 1.82) is 0 Å². The lowest BCUT2D eigenvalue weighted by Gasteiger charge is -2.06. The first-order valence-corrected chi connectivity index (χ1v) is 9.44. The van der Waals surface area contributed by atoms with Gasteiger partial charge in [0.25, 0.3) is 0 Å². The molecule has 0 aliphatic carbocycles. The molecule has 2 aromatic carbocycles. The summed E-state index contributed by atoms with van der Waals surface area (Å²) < 4.78 is 32.5. The monoisotopic (exact) mass is 394 g/mol. The summed E-state index contributed by atoms with van der Waals surface area (Å²) in [5, 5.41) is 0.847. The summed E-state index contributed by atoms with van der Waals surface area (Å²) in [6.07, 6.45) is 0.964. The summed E-state index contributed by atoms with van der Waals surface area (Å²) in [4.78, 5) is 0. The normalized spacial score (nSPS) is 11.0. The van der Waals surface area contributed by atoms with Gasteiger partial charge in [0.1, 0.15) is 11.6 Å². The highest BCUT2D eigenvalue weighted by atomic mass is 35.5.